The summed E-state index contributed by atoms with van der Waals surface area (Å²) >= 11 is 10.9. The van der Waals surface area contributed by atoms with E-state index in [0.29, 0.717) is 4.57 Å². The van der Waals surface area contributed by atoms with Gasteiger partial charge in [0, 0.05) is 26.1 Å². The summed E-state index contributed by atoms with van der Waals surface area (Å²) in [6, 6.07) is 0.792. The van der Waals surface area contributed by atoms with Crippen LogP contribution in [0.4, 0.5) is 4.39 Å². The minimum atomic E-state index is -1.49. The summed E-state index contributed by atoms with van der Waals surface area (Å²) in [4.78, 5) is 36.5. The topological polar surface area (TPSA) is 119 Å². The van der Waals surface area contributed by atoms with E-state index in [-0.39, 0.29) is 22.5 Å². The Balaban J connectivity index is 3.04. The molecule has 144 valence electrons. The molecule has 2 N–H and O–H groups in total. The zero-order valence-electron chi connectivity index (χ0n) is 14.4. The van der Waals surface area contributed by atoms with Gasteiger partial charge in [0.15, 0.2) is 10.6 Å². The number of carbonyl (C=O) groups is 1. The molecule has 2 aromatic rings. The van der Waals surface area contributed by atoms with Crippen LogP contribution in [0.2, 0.25) is 5.02 Å². The number of benzene rings is 1. The Bertz CT molecular complexity index is 1120. The Labute approximate surface area is 161 Å². The van der Waals surface area contributed by atoms with Crippen LogP contribution in [0.5, 0.6) is 0 Å². The van der Waals surface area contributed by atoms with E-state index in [1.54, 1.807) is 0 Å². The van der Waals surface area contributed by atoms with Crippen molar-refractivity contribution in [1.82, 2.24) is 13.7 Å². The molecule has 0 spiro atoms. The van der Waals surface area contributed by atoms with Crippen molar-refractivity contribution in [2.75, 3.05) is 0 Å². The first-order valence-electron chi connectivity index (χ1n) is 7.34. The normalized spacial score (nSPS) is 11.7. The lowest BCUT2D eigenvalue weighted by atomic mass is 10.0. The Morgan fingerprint density at radius 3 is 2.26 bits per heavy atom. The average Bonchev–Trinajstić information content (AvgIpc) is 2.63. The molecule has 1 aromatic heterocycles. The summed E-state index contributed by atoms with van der Waals surface area (Å²) in [6.07, 6.45) is -0.338. The maximum Gasteiger partial charge on any atom is 0.338 e. The number of hydrogen-bond acceptors (Lipinski definition) is 6. The zero-order chi connectivity index (χ0) is 20.6. The summed E-state index contributed by atoms with van der Waals surface area (Å²) < 4.78 is 17.4. The summed E-state index contributed by atoms with van der Waals surface area (Å²) in [5, 5.41) is 20.7. The minimum absolute atomic E-state index is 0.0380. The fraction of sp³-hybridized carbons (Fsp3) is 0.267. The van der Waals surface area contributed by atoms with Gasteiger partial charge in [-0.15, -0.1) is 0 Å². The molecule has 0 aliphatic rings. The van der Waals surface area contributed by atoms with Gasteiger partial charge in [0.05, 0.1) is 22.0 Å². The van der Waals surface area contributed by atoms with E-state index in [0.717, 1.165) is 15.2 Å². The number of hydrogen-bond donors (Lipinski definition) is 2. The molecule has 0 saturated heterocycles. The summed E-state index contributed by atoms with van der Waals surface area (Å²) in [5.74, 6) is -2.58. The van der Waals surface area contributed by atoms with Crippen LogP contribution in [0.15, 0.2) is 20.8 Å². The third-order valence-corrected chi connectivity index (χ3v) is 4.86. The summed E-state index contributed by atoms with van der Waals surface area (Å²) in [6.45, 7) is 1.36. The van der Waals surface area contributed by atoms with Gasteiger partial charge in [0.2, 0.25) is 0 Å². The fourth-order valence-corrected chi connectivity index (χ4v) is 2.86. The molecule has 0 aliphatic carbocycles. The van der Waals surface area contributed by atoms with Crippen molar-refractivity contribution in [1.29, 1.82) is 0 Å². The number of aromatic carboxylic acids is 1. The van der Waals surface area contributed by atoms with Crippen LogP contribution in [0.1, 0.15) is 22.8 Å². The van der Waals surface area contributed by atoms with Crippen molar-refractivity contribution in [3.63, 3.8) is 0 Å². The lowest BCUT2D eigenvalue weighted by Gasteiger charge is -2.15. The lowest BCUT2D eigenvalue weighted by molar-refractivity contribution is 0.0697. The van der Waals surface area contributed by atoms with Crippen LogP contribution in [0.25, 0.3) is 5.69 Å². The molecule has 0 atom stereocenters. The number of rotatable bonds is 4. The molecule has 0 bridgehead atoms. The molecular weight excluding hydrogens is 403 g/mol. The van der Waals surface area contributed by atoms with Crippen LogP contribution in [0.3, 0.4) is 0 Å². The third kappa shape index (κ3) is 3.43. The van der Waals surface area contributed by atoms with Crippen molar-refractivity contribution in [2.45, 2.75) is 13.3 Å². The number of oxime groups is 1. The molecule has 0 amide bonds. The molecule has 12 heteroatoms. The minimum Gasteiger partial charge on any atom is -0.478 e. The molecule has 0 fully saturated rings. The van der Waals surface area contributed by atoms with Gasteiger partial charge in [-0.2, -0.15) is 0 Å². The first-order valence-corrected chi connectivity index (χ1v) is 8.12. The van der Waals surface area contributed by atoms with Crippen LogP contribution < -0.4 is 11.4 Å². The molecule has 0 unspecified atom stereocenters. The van der Waals surface area contributed by atoms with Gasteiger partial charge in [-0.05, 0) is 25.2 Å². The van der Waals surface area contributed by atoms with E-state index >= 15 is 4.39 Å². The van der Waals surface area contributed by atoms with Crippen molar-refractivity contribution in [2.24, 2.45) is 19.3 Å². The van der Waals surface area contributed by atoms with Crippen molar-refractivity contribution in [3.8, 4) is 5.69 Å². The molecule has 2 rings (SSSR count). The highest BCUT2D eigenvalue weighted by Gasteiger charge is 2.24. The molecule has 0 aliphatic heterocycles. The molecule has 1 aromatic carbocycles. The lowest BCUT2D eigenvalue weighted by Crippen LogP contribution is -2.44. The van der Waals surface area contributed by atoms with E-state index in [2.05, 4.69) is 5.16 Å². The Hall–Kier alpha value is -2.79. The van der Waals surface area contributed by atoms with Crippen molar-refractivity contribution in [3.05, 3.63) is 53.8 Å². The first kappa shape index (κ1) is 20.5. The predicted octanol–water partition coefficient (Wildman–Crippen LogP) is 1.49. The average molecular weight is 417 g/mol. The van der Waals surface area contributed by atoms with Crippen LogP contribution >= 0.6 is 23.8 Å². The molecular formula is C15H14ClFN4O5S. The van der Waals surface area contributed by atoms with Crippen LogP contribution in [-0.4, -0.2) is 35.7 Å². The maximum atomic E-state index is 15.1. The van der Waals surface area contributed by atoms with Gasteiger partial charge in [-0.1, -0.05) is 16.8 Å². The second-order valence-corrected chi connectivity index (χ2v) is 6.41. The largest absolute Gasteiger partial charge is 0.478 e. The van der Waals surface area contributed by atoms with Gasteiger partial charge in [0.1, 0.15) is 0 Å². The SMILES string of the molecule is CC(Cc1c(F)c(-n2c(=O)n(C)c(=S)n(C)c2=O)cc(C(=O)O)c1Cl)=NO. The standard InChI is InChI=1S/C15H14ClFN4O5S/c1-6(18-26)4-7-10(16)8(12(22)23)5-9(11(7)17)21-13(24)19(2)15(27)20(3)14(21)25/h5,26H,4H2,1-3H3,(H,22,23). The predicted molar refractivity (Wildman–Crippen MR) is 97.6 cm³/mol. The molecule has 0 radical (unpaired) electrons. The van der Waals surface area contributed by atoms with Crippen molar-refractivity contribution >= 4 is 35.5 Å². The molecule has 1 heterocycles. The number of carboxylic acids is 1. The monoisotopic (exact) mass is 416 g/mol. The van der Waals surface area contributed by atoms with E-state index in [1.807, 2.05) is 0 Å². The smallest absolute Gasteiger partial charge is 0.338 e. The Morgan fingerprint density at radius 1 is 1.30 bits per heavy atom. The number of aromatic nitrogens is 3. The van der Waals surface area contributed by atoms with E-state index in [4.69, 9.17) is 29.0 Å². The van der Waals surface area contributed by atoms with Gasteiger partial charge in [0.25, 0.3) is 0 Å². The maximum absolute atomic E-state index is 15.1. The zero-order valence-corrected chi connectivity index (χ0v) is 15.9. The summed E-state index contributed by atoms with van der Waals surface area (Å²) in [5.41, 5.74) is -3.34. The second-order valence-electron chi connectivity index (χ2n) is 5.67. The van der Waals surface area contributed by atoms with E-state index in [9.17, 15) is 19.5 Å². The first-order chi connectivity index (χ1) is 12.5. The molecule has 9 nitrogen and oxygen atoms in total. The van der Waals surface area contributed by atoms with Gasteiger partial charge in [-0.3, -0.25) is 9.13 Å². The van der Waals surface area contributed by atoms with Crippen LogP contribution in [-0.2, 0) is 20.5 Å². The number of carboxylic acid groups (broad SMARTS) is 1. The van der Waals surface area contributed by atoms with Gasteiger partial charge >= 0.3 is 17.3 Å². The highest BCUT2D eigenvalue weighted by Crippen LogP contribution is 2.29. The second kappa shape index (κ2) is 7.45. The van der Waals surface area contributed by atoms with Gasteiger partial charge in [-0.25, -0.2) is 23.3 Å². The van der Waals surface area contributed by atoms with E-state index in [1.165, 1.54) is 21.0 Å². The van der Waals surface area contributed by atoms with Gasteiger partial charge < -0.3 is 10.3 Å². The Kier molecular flexibility index (Phi) is 5.66. The Morgan fingerprint density at radius 2 is 1.81 bits per heavy atom. The summed E-state index contributed by atoms with van der Waals surface area (Å²) in [7, 11) is 2.58. The third-order valence-electron chi connectivity index (χ3n) is 3.88. The molecule has 0 saturated carbocycles. The van der Waals surface area contributed by atoms with Crippen LogP contribution in [0, 0.1) is 10.6 Å². The number of halogens is 2. The molecule has 27 heavy (non-hydrogen) atoms. The fourth-order valence-electron chi connectivity index (χ4n) is 2.42. The quantitative estimate of drug-likeness (QED) is 0.337. The highest BCUT2D eigenvalue weighted by atomic mass is 35.5. The highest BCUT2D eigenvalue weighted by molar-refractivity contribution is 7.71. The van der Waals surface area contributed by atoms with E-state index < -0.39 is 39.4 Å². The number of nitrogens with zero attached hydrogens (tertiary/aromatic N) is 4. The van der Waals surface area contributed by atoms with Crippen molar-refractivity contribution < 1.29 is 19.5 Å².